The van der Waals surface area contributed by atoms with E-state index in [0.717, 1.165) is 0 Å². The normalized spacial score (nSPS) is 14.5. The molecule has 6 heteroatoms. The largest absolute Gasteiger partial charge is 0.416 e. The maximum atomic E-state index is 11.7. The SMILES string of the molecule is CC(O[Si](C)(C)C)C(=O)NCCO[Si](C)(C)C. The van der Waals surface area contributed by atoms with Gasteiger partial charge in [0, 0.05) is 6.54 Å². The molecule has 0 fully saturated rings. The lowest BCUT2D eigenvalue weighted by molar-refractivity contribution is -0.127. The van der Waals surface area contributed by atoms with Gasteiger partial charge < -0.3 is 14.2 Å². The Morgan fingerprint density at radius 1 is 1.12 bits per heavy atom. The Labute approximate surface area is 107 Å². The zero-order valence-corrected chi connectivity index (χ0v) is 14.2. The number of amides is 1. The molecule has 1 N–H and O–H groups in total. The second kappa shape index (κ2) is 6.68. The maximum Gasteiger partial charge on any atom is 0.247 e. The van der Waals surface area contributed by atoms with E-state index >= 15 is 0 Å². The van der Waals surface area contributed by atoms with Crippen molar-refractivity contribution in [3.05, 3.63) is 0 Å². The molecule has 102 valence electrons. The number of hydrogen-bond acceptors (Lipinski definition) is 3. The van der Waals surface area contributed by atoms with Crippen molar-refractivity contribution in [2.45, 2.75) is 52.3 Å². The van der Waals surface area contributed by atoms with E-state index in [9.17, 15) is 4.79 Å². The molecule has 1 unspecified atom stereocenters. The second-order valence-corrected chi connectivity index (χ2v) is 15.1. The van der Waals surface area contributed by atoms with E-state index in [1.54, 1.807) is 6.92 Å². The number of rotatable bonds is 7. The molecule has 0 saturated heterocycles. The highest BCUT2D eigenvalue weighted by Crippen LogP contribution is 2.07. The van der Waals surface area contributed by atoms with Crippen LogP contribution < -0.4 is 5.32 Å². The molecule has 0 aliphatic heterocycles. The van der Waals surface area contributed by atoms with Gasteiger partial charge >= 0.3 is 0 Å². The van der Waals surface area contributed by atoms with E-state index in [-0.39, 0.29) is 12.0 Å². The van der Waals surface area contributed by atoms with Gasteiger partial charge in [-0.3, -0.25) is 4.79 Å². The summed E-state index contributed by atoms with van der Waals surface area (Å²) < 4.78 is 11.3. The highest BCUT2D eigenvalue weighted by atomic mass is 28.4. The standard InChI is InChI=1S/C11H27NO3Si2/c1-10(15-17(5,6)7)11(13)12-8-9-14-16(2,3)4/h10H,8-9H2,1-7H3,(H,12,13). The molecular formula is C11H27NO3Si2. The van der Waals surface area contributed by atoms with Crippen molar-refractivity contribution in [3.8, 4) is 0 Å². The van der Waals surface area contributed by atoms with Crippen LogP contribution in [0.25, 0.3) is 0 Å². The average molecular weight is 278 g/mol. The minimum absolute atomic E-state index is 0.0494. The van der Waals surface area contributed by atoms with Gasteiger partial charge in [0.2, 0.25) is 5.91 Å². The first-order chi connectivity index (χ1) is 7.51. The van der Waals surface area contributed by atoms with Crippen molar-refractivity contribution in [1.82, 2.24) is 5.32 Å². The van der Waals surface area contributed by atoms with Crippen molar-refractivity contribution in [1.29, 1.82) is 0 Å². The molecule has 0 heterocycles. The lowest BCUT2D eigenvalue weighted by Gasteiger charge is -2.23. The monoisotopic (exact) mass is 277 g/mol. The van der Waals surface area contributed by atoms with Crippen molar-refractivity contribution in [2.24, 2.45) is 0 Å². The maximum absolute atomic E-state index is 11.7. The molecule has 0 spiro atoms. The van der Waals surface area contributed by atoms with Gasteiger partial charge in [-0.2, -0.15) is 0 Å². The highest BCUT2D eigenvalue weighted by molar-refractivity contribution is 6.70. The first-order valence-corrected chi connectivity index (χ1v) is 12.9. The smallest absolute Gasteiger partial charge is 0.247 e. The van der Waals surface area contributed by atoms with Gasteiger partial charge in [0.1, 0.15) is 6.10 Å². The van der Waals surface area contributed by atoms with Gasteiger partial charge in [-0.1, -0.05) is 0 Å². The summed E-state index contributed by atoms with van der Waals surface area (Å²) in [4.78, 5) is 11.7. The van der Waals surface area contributed by atoms with Crippen LogP contribution in [0.5, 0.6) is 0 Å². The summed E-state index contributed by atoms with van der Waals surface area (Å²) in [5.74, 6) is -0.0494. The third-order valence-corrected chi connectivity index (χ3v) is 3.97. The molecular weight excluding hydrogens is 250 g/mol. The van der Waals surface area contributed by atoms with Gasteiger partial charge in [0.05, 0.1) is 6.61 Å². The molecule has 0 aliphatic rings. The Morgan fingerprint density at radius 2 is 1.65 bits per heavy atom. The molecule has 0 aromatic carbocycles. The number of carbonyl (C=O) groups excluding carboxylic acids is 1. The highest BCUT2D eigenvalue weighted by Gasteiger charge is 2.22. The van der Waals surface area contributed by atoms with Crippen LogP contribution in [0, 0.1) is 0 Å². The third kappa shape index (κ3) is 10.7. The summed E-state index contributed by atoms with van der Waals surface area (Å²) in [5, 5.41) is 2.83. The van der Waals surface area contributed by atoms with Crippen LogP contribution in [0.2, 0.25) is 39.3 Å². The fraction of sp³-hybridized carbons (Fsp3) is 0.909. The molecule has 1 amide bonds. The molecule has 4 nitrogen and oxygen atoms in total. The quantitative estimate of drug-likeness (QED) is 0.573. The first kappa shape index (κ1) is 16.8. The summed E-state index contributed by atoms with van der Waals surface area (Å²) in [6.07, 6.45) is -0.367. The van der Waals surface area contributed by atoms with Crippen molar-refractivity contribution in [3.63, 3.8) is 0 Å². The molecule has 0 aromatic heterocycles. The molecule has 0 rings (SSSR count). The Balaban J connectivity index is 3.80. The minimum atomic E-state index is -1.65. The summed E-state index contributed by atoms with van der Waals surface area (Å²) in [5.41, 5.74) is 0. The van der Waals surface area contributed by atoms with Gasteiger partial charge in [-0.25, -0.2) is 0 Å². The summed E-state index contributed by atoms with van der Waals surface area (Å²) in [6.45, 7) is 15.6. The molecule has 0 bridgehead atoms. The predicted molar refractivity (Wildman–Crippen MR) is 76.2 cm³/mol. The molecule has 0 aliphatic carbocycles. The molecule has 0 radical (unpaired) electrons. The van der Waals surface area contributed by atoms with E-state index in [1.165, 1.54) is 0 Å². The lowest BCUT2D eigenvalue weighted by Crippen LogP contribution is -2.42. The van der Waals surface area contributed by atoms with Crippen molar-refractivity contribution in [2.75, 3.05) is 13.2 Å². The van der Waals surface area contributed by atoms with Gasteiger partial charge in [-0.05, 0) is 46.2 Å². The Kier molecular flexibility index (Phi) is 6.61. The average Bonchev–Trinajstić information content (AvgIpc) is 2.07. The minimum Gasteiger partial charge on any atom is -0.416 e. The van der Waals surface area contributed by atoms with Crippen molar-refractivity contribution < 1.29 is 13.6 Å². The number of hydrogen-bond donors (Lipinski definition) is 1. The van der Waals surface area contributed by atoms with Gasteiger partial charge in [-0.15, -0.1) is 0 Å². The summed E-state index contributed by atoms with van der Waals surface area (Å²) in [7, 11) is -3.12. The number of carbonyl (C=O) groups is 1. The topological polar surface area (TPSA) is 47.6 Å². The van der Waals surface area contributed by atoms with Gasteiger partial charge in [0.15, 0.2) is 16.6 Å². The van der Waals surface area contributed by atoms with Crippen LogP contribution in [0.3, 0.4) is 0 Å². The number of nitrogens with one attached hydrogen (secondary N) is 1. The zero-order chi connectivity index (χ0) is 13.7. The van der Waals surface area contributed by atoms with Crippen LogP contribution >= 0.6 is 0 Å². The molecule has 17 heavy (non-hydrogen) atoms. The summed E-state index contributed by atoms with van der Waals surface area (Å²) in [6, 6.07) is 0. The van der Waals surface area contributed by atoms with Crippen molar-refractivity contribution >= 4 is 22.5 Å². The van der Waals surface area contributed by atoms with E-state index in [2.05, 4.69) is 44.6 Å². The van der Waals surface area contributed by atoms with E-state index in [4.69, 9.17) is 8.85 Å². The predicted octanol–water partition coefficient (Wildman–Crippen LogP) is 2.19. The molecule has 1 atom stereocenters. The van der Waals surface area contributed by atoms with Crippen LogP contribution in [-0.4, -0.2) is 41.8 Å². The lowest BCUT2D eigenvalue weighted by atomic mass is 10.4. The van der Waals surface area contributed by atoms with Crippen LogP contribution in [0.4, 0.5) is 0 Å². The molecule has 0 aromatic rings. The summed E-state index contributed by atoms with van der Waals surface area (Å²) >= 11 is 0. The second-order valence-electron chi connectivity index (χ2n) is 6.12. The van der Waals surface area contributed by atoms with E-state index in [0.29, 0.717) is 13.2 Å². The zero-order valence-electron chi connectivity index (χ0n) is 12.2. The Hall–Kier alpha value is -0.176. The van der Waals surface area contributed by atoms with Crippen LogP contribution in [0.15, 0.2) is 0 Å². The molecule has 0 saturated carbocycles. The third-order valence-electron chi connectivity index (χ3n) is 1.84. The first-order valence-electron chi connectivity index (χ1n) is 6.11. The van der Waals surface area contributed by atoms with Crippen LogP contribution in [0.1, 0.15) is 6.92 Å². The Morgan fingerprint density at radius 3 is 2.06 bits per heavy atom. The van der Waals surface area contributed by atoms with E-state index < -0.39 is 16.6 Å². The Bertz CT molecular complexity index is 246. The van der Waals surface area contributed by atoms with Gasteiger partial charge in [0.25, 0.3) is 0 Å². The van der Waals surface area contributed by atoms with Crippen LogP contribution in [-0.2, 0) is 13.6 Å². The van der Waals surface area contributed by atoms with E-state index in [1.807, 2.05) is 0 Å². The fourth-order valence-electron chi connectivity index (χ4n) is 1.26. The fourth-order valence-corrected chi connectivity index (χ4v) is 3.14.